The Hall–Kier alpha value is -3.70. The Balaban J connectivity index is 1.34. The van der Waals surface area contributed by atoms with Gasteiger partial charge in [0.05, 0.1) is 24.7 Å². The van der Waals surface area contributed by atoms with Crippen LogP contribution in [0.1, 0.15) is 23.6 Å². The van der Waals surface area contributed by atoms with Gasteiger partial charge >= 0.3 is 6.09 Å². The molecule has 3 aromatic carbocycles. The number of rotatable bonds is 9. The molecule has 1 unspecified atom stereocenters. The first-order valence-corrected chi connectivity index (χ1v) is 13.4. The summed E-state index contributed by atoms with van der Waals surface area (Å²) in [7, 11) is 0. The first-order chi connectivity index (χ1) is 18.9. The maximum atomic E-state index is 13.3. The van der Waals surface area contributed by atoms with Gasteiger partial charge in [-0.05, 0) is 72.2 Å². The number of nitrogens with zero attached hydrogens (tertiary/aromatic N) is 3. The fourth-order valence-electron chi connectivity index (χ4n) is 4.18. The van der Waals surface area contributed by atoms with Crippen LogP contribution in [0.3, 0.4) is 0 Å². The number of amides is 1. The summed E-state index contributed by atoms with van der Waals surface area (Å²) in [4.78, 5) is 14.9. The van der Waals surface area contributed by atoms with Crippen molar-refractivity contribution in [1.82, 2.24) is 13.6 Å². The summed E-state index contributed by atoms with van der Waals surface area (Å²) in [6.07, 6.45) is 5.84. The van der Waals surface area contributed by atoms with Gasteiger partial charge in [-0.3, -0.25) is 15.0 Å². The third-order valence-electron chi connectivity index (χ3n) is 6.20. The van der Waals surface area contributed by atoms with Crippen molar-refractivity contribution in [1.29, 1.82) is 0 Å². The highest BCUT2D eigenvalue weighted by atomic mass is 35.5. The van der Waals surface area contributed by atoms with Crippen LogP contribution >= 0.6 is 23.7 Å². The minimum Gasteiger partial charge on any atom is -0.492 e. The van der Waals surface area contributed by atoms with Gasteiger partial charge in [0.2, 0.25) is 0 Å². The van der Waals surface area contributed by atoms with E-state index in [1.54, 1.807) is 21.4 Å². The molecule has 0 aromatic heterocycles. The summed E-state index contributed by atoms with van der Waals surface area (Å²) in [5, 5.41) is 0.580. The number of anilines is 1. The van der Waals surface area contributed by atoms with E-state index in [9.17, 15) is 9.18 Å². The largest absolute Gasteiger partial charge is 0.492 e. The predicted octanol–water partition coefficient (Wildman–Crippen LogP) is 6.00. The van der Waals surface area contributed by atoms with Crippen LogP contribution < -0.4 is 21.1 Å². The SMILES string of the molecule is Nc1ccc(Cl)cc1C1=CC(c2ccc(OCCN(N)SN3C=C3)cc2)N(C(=O)Oc2ccc(F)cc2)CC1. The van der Waals surface area contributed by atoms with E-state index in [-0.39, 0.29) is 5.75 Å². The van der Waals surface area contributed by atoms with Gasteiger partial charge in [0.1, 0.15) is 23.9 Å². The molecule has 2 aliphatic rings. The molecule has 4 N–H and O–H groups in total. The molecule has 2 heterocycles. The average Bonchev–Trinajstić information content (AvgIpc) is 3.75. The number of nitrogens with two attached hydrogens (primary N) is 2. The highest BCUT2D eigenvalue weighted by Crippen LogP contribution is 2.37. The summed E-state index contributed by atoms with van der Waals surface area (Å²) >= 11 is 7.64. The summed E-state index contributed by atoms with van der Waals surface area (Å²) in [5.74, 6) is 6.47. The Morgan fingerprint density at radius 3 is 2.51 bits per heavy atom. The van der Waals surface area contributed by atoms with Crippen LogP contribution in [0.2, 0.25) is 5.02 Å². The molecule has 0 radical (unpaired) electrons. The predicted molar refractivity (Wildman–Crippen MR) is 152 cm³/mol. The van der Waals surface area contributed by atoms with E-state index in [1.807, 2.05) is 53.1 Å². The van der Waals surface area contributed by atoms with Gasteiger partial charge in [0.25, 0.3) is 0 Å². The second-order valence-corrected chi connectivity index (χ2v) is 10.4. The van der Waals surface area contributed by atoms with Crippen molar-refractivity contribution in [2.24, 2.45) is 5.84 Å². The number of hydrogen-bond acceptors (Lipinski definition) is 8. The third kappa shape index (κ3) is 7.04. The molecule has 0 aliphatic carbocycles. The maximum absolute atomic E-state index is 13.3. The van der Waals surface area contributed by atoms with E-state index in [4.69, 9.17) is 32.7 Å². The zero-order valence-electron chi connectivity index (χ0n) is 20.9. The van der Waals surface area contributed by atoms with Gasteiger partial charge in [0.15, 0.2) is 0 Å². The lowest BCUT2D eigenvalue weighted by atomic mass is 9.91. The molecular formula is C28H27ClFN5O3S. The number of halogens is 2. The van der Waals surface area contributed by atoms with E-state index in [1.165, 1.54) is 36.4 Å². The molecule has 39 heavy (non-hydrogen) atoms. The summed E-state index contributed by atoms with van der Waals surface area (Å²) in [5.41, 5.74) is 9.54. The van der Waals surface area contributed by atoms with Crippen LogP contribution in [-0.2, 0) is 0 Å². The molecule has 0 fully saturated rings. The molecule has 1 atom stereocenters. The Labute approximate surface area is 235 Å². The molecule has 0 saturated carbocycles. The number of nitrogen functional groups attached to an aromatic ring is 1. The lowest BCUT2D eigenvalue weighted by molar-refractivity contribution is 0.140. The van der Waals surface area contributed by atoms with Crippen molar-refractivity contribution in [3.05, 3.63) is 107 Å². The zero-order chi connectivity index (χ0) is 27.4. The lowest BCUT2D eigenvalue weighted by Crippen LogP contribution is -2.39. The van der Waals surface area contributed by atoms with Crippen molar-refractivity contribution in [3.8, 4) is 11.5 Å². The molecule has 1 amide bonds. The molecule has 3 aromatic rings. The second-order valence-electron chi connectivity index (χ2n) is 8.93. The molecule has 0 saturated heterocycles. The lowest BCUT2D eigenvalue weighted by Gasteiger charge is -2.34. The Bertz CT molecular complexity index is 1380. The van der Waals surface area contributed by atoms with Crippen molar-refractivity contribution in [3.63, 3.8) is 0 Å². The standard InChI is InChI=1S/C28H27ClFN5O3S/c29-21-3-10-26(31)25(18-21)20-11-12-34(28(36)38-24-8-4-22(30)5-9-24)27(17-20)19-1-6-23(7-2-19)37-16-15-35(32)39-33-13-14-33/h1-10,13-14,17-18,27H,11-12,15-16,31-32H2. The van der Waals surface area contributed by atoms with E-state index < -0.39 is 18.0 Å². The third-order valence-corrected chi connectivity index (χ3v) is 7.26. The minimum absolute atomic E-state index is 0.263. The Morgan fingerprint density at radius 2 is 1.79 bits per heavy atom. The Kier molecular flexibility index (Phi) is 8.27. The summed E-state index contributed by atoms with van der Waals surface area (Å²) in [6.45, 7) is 1.33. The van der Waals surface area contributed by atoms with E-state index in [0.29, 0.717) is 42.6 Å². The van der Waals surface area contributed by atoms with Crippen molar-refractivity contribution >= 4 is 41.1 Å². The first-order valence-electron chi connectivity index (χ1n) is 12.3. The first kappa shape index (κ1) is 26.9. The summed E-state index contributed by atoms with van der Waals surface area (Å²) in [6, 6.07) is 17.8. The van der Waals surface area contributed by atoms with Crippen molar-refractivity contribution in [2.45, 2.75) is 12.5 Å². The second kappa shape index (κ2) is 12.0. The molecule has 8 nitrogen and oxygen atoms in total. The van der Waals surface area contributed by atoms with E-state index in [2.05, 4.69) is 0 Å². The number of carbonyl (C=O) groups excluding carboxylic acids is 1. The highest BCUT2D eigenvalue weighted by Gasteiger charge is 2.30. The van der Waals surface area contributed by atoms with E-state index in [0.717, 1.165) is 16.7 Å². The van der Waals surface area contributed by atoms with Crippen LogP contribution in [0.5, 0.6) is 11.5 Å². The zero-order valence-corrected chi connectivity index (χ0v) is 22.4. The maximum Gasteiger partial charge on any atom is 0.416 e. The van der Waals surface area contributed by atoms with Crippen LogP contribution in [0.15, 0.2) is 85.2 Å². The monoisotopic (exact) mass is 567 g/mol. The molecular weight excluding hydrogens is 541 g/mol. The molecule has 0 bridgehead atoms. The molecule has 202 valence electrons. The van der Waals surface area contributed by atoms with Gasteiger partial charge in [0, 0.05) is 35.2 Å². The van der Waals surface area contributed by atoms with Crippen LogP contribution in [-0.4, -0.2) is 39.4 Å². The van der Waals surface area contributed by atoms with E-state index >= 15 is 0 Å². The quantitative estimate of drug-likeness (QED) is 0.141. The number of hydrazine groups is 1. The number of benzene rings is 3. The minimum atomic E-state index is -0.539. The van der Waals surface area contributed by atoms with Gasteiger partial charge in [-0.2, -0.15) is 4.41 Å². The molecule has 2 aliphatic heterocycles. The fraction of sp³-hybridized carbons (Fsp3) is 0.179. The van der Waals surface area contributed by atoms with Gasteiger partial charge in [-0.1, -0.05) is 29.8 Å². The van der Waals surface area contributed by atoms with Gasteiger partial charge in [-0.15, -0.1) is 0 Å². The molecule has 11 heteroatoms. The summed E-state index contributed by atoms with van der Waals surface area (Å²) < 4.78 is 28.2. The van der Waals surface area contributed by atoms with Gasteiger partial charge < -0.3 is 15.2 Å². The Morgan fingerprint density at radius 1 is 1.08 bits per heavy atom. The number of carbonyl (C=O) groups is 1. The van der Waals surface area contributed by atoms with Crippen molar-refractivity contribution in [2.75, 3.05) is 25.4 Å². The fourth-order valence-corrected chi connectivity index (χ4v) is 4.91. The van der Waals surface area contributed by atoms with Crippen LogP contribution in [0, 0.1) is 5.82 Å². The smallest absolute Gasteiger partial charge is 0.416 e. The molecule has 0 spiro atoms. The average molecular weight is 568 g/mol. The van der Waals surface area contributed by atoms with Crippen molar-refractivity contribution < 1.29 is 18.7 Å². The highest BCUT2D eigenvalue weighted by molar-refractivity contribution is 7.95. The van der Waals surface area contributed by atoms with Gasteiger partial charge in [-0.25, -0.2) is 9.18 Å². The molecule has 5 rings (SSSR count). The van der Waals surface area contributed by atoms with Crippen LogP contribution in [0.4, 0.5) is 14.9 Å². The number of hydrogen-bond donors (Lipinski definition) is 2. The number of ether oxygens (including phenoxy) is 2. The normalized spacial score (nSPS) is 16.3. The van der Waals surface area contributed by atoms with Crippen LogP contribution in [0.25, 0.3) is 5.57 Å². The topological polar surface area (TPSA) is 97.1 Å².